The minimum Gasteiger partial charge on any atom is -0.253 e. The quantitative estimate of drug-likeness (QED) is 0.578. The van der Waals surface area contributed by atoms with E-state index >= 15 is 0 Å². The molecule has 1 heterocycles. The molecule has 0 saturated carbocycles. The molecule has 0 amide bonds. The summed E-state index contributed by atoms with van der Waals surface area (Å²) in [6, 6.07) is 9.83. The number of thiocarbonyl (C=S) groups is 1. The summed E-state index contributed by atoms with van der Waals surface area (Å²) in [7, 11) is 0. The van der Waals surface area contributed by atoms with Gasteiger partial charge in [-0.15, -0.1) is 0 Å². The number of aromatic nitrogens is 3. The molecule has 0 radical (unpaired) electrons. The number of hydrogen-bond donors (Lipinski definition) is 0. The molecule has 23 heavy (non-hydrogen) atoms. The van der Waals surface area contributed by atoms with Crippen LogP contribution in [-0.4, -0.2) is 19.2 Å². The van der Waals surface area contributed by atoms with Crippen LogP contribution >= 0.6 is 47.0 Å². The summed E-state index contributed by atoms with van der Waals surface area (Å²) in [5.41, 5.74) is 2.15. The van der Waals surface area contributed by atoms with Gasteiger partial charge in [0.25, 0.3) is 3.92 Å². The van der Waals surface area contributed by atoms with Crippen LogP contribution in [0.25, 0.3) is 11.3 Å². The van der Waals surface area contributed by atoms with Crippen molar-refractivity contribution in [3.8, 4) is 0 Å². The molecule has 1 aromatic carbocycles. The van der Waals surface area contributed by atoms with Gasteiger partial charge in [-0.25, -0.2) is 4.79 Å². The van der Waals surface area contributed by atoms with Crippen molar-refractivity contribution in [2.24, 2.45) is 0 Å². The van der Waals surface area contributed by atoms with Gasteiger partial charge in [0, 0.05) is 17.0 Å². The number of nitrogens with zero attached hydrogens (tertiary/aromatic N) is 3. The van der Waals surface area contributed by atoms with E-state index in [0.717, 1.165) is 20.7 Å². The highest BCUT2D eigenvalue weighted by Gasteiger charge is 2.28. The summed E-state index contributed by atoms with van der Waals surface area (Å²) in [6.45, 7) is 0. The van der Waals surface area contributed by atoms with Gasteiger partial charge in [0.1, 0.15) is 6.33 Å². The molecule has 0 unspecified atom stereocenters. The van der Waals surface area contributed by atoms with Gasteiger partial charge >= 0.3 is 5.69 Å². The third-order valence-corrected chi connectivity index (χ3v) is 4.23. The zero-order valence-electron chi connectivity index (χ0n) is 11.6. The van der Waals surface area contributed by atoms with Crippen LogP contribution < -0.4 is 5.69 Å². The van der Waals surface area contributed by atoms with Crippen LogP contribution in [-0.2, 0) is 3.92 Å². The van der Waals surface area contributed by atoms with E-state index < -0.39 is 9.61 Å². The molecule has 2 aromatic rings. The van der Waals surface area contributed by atoms with E-state index in [1.165, 1.54) is 10.9 Å². The smallest absolute Gasteiger partial charge is 0.253 e. The highest BCUT2D eigenvalue weighted by molar-refractivity contribution is 7.81. The zero-order chi connectivity index (χ0) is 16.6. The summed E-state index contributed by atoms with van der Waals surface area (Å²) >= 11 is 22.6. The maximum absolute atomic E-state index is 12.3. The molecule has 0 atom stereocenters. The maximum atomic E-state index is 12.3. The summed E-state index contributed by atoms with van der Waals surface area (Å²) < 4.78 is 0.188. The SMILES string of the molecule is O=c1n(C2=CC=C(c3ccccc3)C(=S)C2)cnn1C(Cl)(Cl)Cl. The number of allylic oxidation sites excluding steroid dienone is 4. The van der Waals surface area contributed by atoms with Crippen molar-refractivity contribution in [3.63, 3.8) is 0 Å². The maximum Gasteiger partial charge on any atom is 0.353 e. The van der Waals surface area contributed by atoms with Crippen LogP contribution in [0.4, 0.5) is 0 Å². The molecule has 1 aromatic heterocycles. The van der Waals surface area contributed by atoms with Crippen molar-refractivity contribution in [1.82, 2.24) is 14.3 Å². The third-order valence-electron chi connectivity index (χ3n) is 3.39. The molecule has 0 spiro atoms. The first-order valence-corrected chi connectivity index (χ1v) is 8.16. The lowest BCUT2D eigenvalue weighted by molar-refractivity contribution is 0.641. The summed E-state index contributed by atoms with van der Waals surface area (Å²) in [5.74, 6) is 0. The molecular formula is C15H10Cl3N3OS. The Kier molecular flexibility index (Phi) is 4.47. The molecule has 0 fully saturated rings. The van der Waals surface area contributed by atoms with Crippen LogP contribution in [0.1, 0.15) is 12.0 Å². The second-order valence-electron chi connectivity index (χ2n) is 4.87. The molecule has 0 bridgehead atoms. The van der Waals surface area contributed by atoms with Gasteiger partial charge in [0.2, 0.25) is 0 Å². The van der Waals surface area contributed by atoms with E-state index in [2.05, 4.69) is 5.10 Å². The van der Waals surface area contributed by atoms with Crippen molar-refractivity contribution >= 4 is 63.2 Å². The first-order valence-electron chi connectivity index (χ1n) is 6.61. The second-order valence-corrected chi connectivity index (χ2v) is 7.58. The molecule has 8 heteroatoms. The van der Waals surface area contributed by atoms with E-state index in [-0.39, 0.29) is 0 Å². The Bertz CT molecular complexity index is 875. The van der Waals surface area contributed by atoms with Gasteiger partial charge in [0.05, 0.1) is 0 Å². The Hall–Kier alpha value is -1.40. The largest absolute Gasteiger partial charge is 0.353 e. The molecule has 1 aliphatic carbocycles. The number of halogens is 3. The fourth-order valence-electron chi connectivity index (χ4n) is 2.31. The summed E-state index contributed by atoms with van der Waals surface area (Å²) in [6.07, 6.45) is 5.46. The Morgan fingerprint density at radius 2 is 1.83 bits per heavy atom. The van der Waals surface area contributed by atoms with Crippen LogP contribution in [0.15, 0.2) is 53.6 Å². The first-order chi connectivity index (χ1) is 10.9. The normalized spacial score (nSPS) is 15.3. The summed E-state index contributed by atoms with van der Waals surface area (Å²) in [5, 5.41) is 3.83. The van der Waals surface area contributed by atoms with Crippen LogP contribution in [0, 0.1) is 0 Å². The number of hydrogen-bond acceptors (Lipinski definition) is 3. The Labute approximate surface area is 152 Å². The topological polar surface area (TPSA) is 39.8 Å². The standard InChI is InChI=1S/C15H10Cl3N3OS/c16-15(17,18)21-14(22)20(9-19-21)11-6-7-12(13(23)8-11)10-4-2-1-3-5-10/h1-7,9H,8H2. The van der Waals surface area contributed by atoms with Crippen molar-refractivity contribution in [3.05, 3.63) is 64.9 Å². The van der Waals surface area contributed by atoms with Crippen molar-refractivity contribution in [2.75, 3.05) is 0 Å². The average Bonchev–Trinajstić information content (AvgIpc) is 2.90. The van der Waals surface area contributed by atoms with Crippen molar-refractivity contribution in [1.29, 1.82) is 0 Å². The monoisotopic (exact) mass is 385 g/mol. The third kappa shape index (κ3) is 3.28. The highest BCUT2D eigenvalue weighted by atomic mass is 35.6. The molecule has 0 N–H and O–H groups in total. The lowest BCUT2D eigenvalue weighted by Crippen LogP contribution is -2.31. The molecule has 0 aliphatic heterocycles. The Balaban J connectivity index is 2.00. The number of benzene rings is 1. The van der Waals surface area contributed by atoms with E-state index in [4.69, 9.17) is 47.0 Å². The van der Waals surface area contributed by atoms with Gasteiger partial charge < -0.3 is 0 Å². The Morgan fingerprint density at radius 3 is 2.39 bits per heavy atom. The van der Waals surface area contributed by atoms with Crippen LogP contribution in [0.3, 0.4) is 0 Å². The lowest BCUT2D eigenvalue weighted by atomic mass is 9.95. The first kappa shape index (κ1) is 16.5. The van der Waals surface area contributed by atoms with Gasteiger partial charge in [-0.05, 0) is 17.2 Å². The van der Waals surface area contributed by atoms with E-state index in [1.807, 2.05) is 42.5 Å². The molecule has 3 rings (SSSR count). The molecule has 118 valence electrons. The van der Waals surface area contributed by atoms with Gasteiger partial charge in [-0.2, -0.15) is 9.78 Å². The minimum absolute atomic E-state index is 0.432. The predicted molar refractivity (Wildman–Crippen MR) is 97.9 cm³/mol. The van der Waals surface area contributed by atoms with Gasteiger partial charge in [0.15, 0.2) is 0 Å². The predicted octanol–water partition coefficient (Wildman–Crippen LogP) is 4.03. The van der Waals surface area contributed by atoms with Crippen LogP contribution in [0.5, 0.6) is 0 Å². The molecular weight excluding hydrogens is 377 g/mol. The van der Waals surface area contributed by atoms with Crippen molar-refractivity contribution < 1.29 is 0 Å². The van der Waals surface area contributed by atoms with Gasteiger partial charge in [-0.1, -0.05) is 83.4 Å². The fourth-order valence-corrected chi connectivity index (χ4v) is 2.99. The minimum atomic E-state index is -1.93. The average molecular weight is 387 g/mol. The lowest BCUT2D eigenvalue weighted by Gasteiger charge is -2.16. The second kappa shape index (κ2) is 6.24. The molecule has 0 saturated heterocycles. The summed E-state index contributed by atoms with van der Waals surface area (Å²) in [4.78, 5) is 13.0. The Morgan fingerprint density at radius 1 is 1.13 bits per heavy atom. The zero-order valence-corrected chi connectivity index (χ0v) is 14.7. The highest BCUT2D eigenvalue weighted by Crippen LogP contribution is 2.30. The number of alkyl halides is 3. The fraction of sp³-hybridized carbons (Fsp3) is 0.133. The van der Waals surface area contributed by atoms with Crippen molar-refractivity contribution in [2.45, 2.75) is 10.3 Å². The van der Waals surface area contributed by atoms with E-state index in [1.54, 1.807) is 0 Å². The molecule has 1 aliphatic rings. The molecule has 4 nitrogen and oxygen atoms in total. The van der Waals surface area contributed by atoms with E-state index in [9.17, 15) is 4.79 Å². The van der Waals surface area contributed by atoms with Gasteiger partial charge in [-0.3, -0.25) is 4.57 Å². The number of rotatable bonds is 2. The van der Waals surface area contributed by atoms with E-state index in [0.29, 0.717) is 12.1 Å². The van der Waals surface area contributed by atoms with Crippen LogP contribution in [0.2, 0.25) is 0 Å².